The fourth-order valence-electron chi connectivity index (χ4n) is 3.56. The molecule has 1 heterocycles. The molecule has 0 radical (unpaired) electrons. The molecule has 1 nitrogen and oxygen atoms in total. The minimum absolute atomic E-state index is 0.794. The maximum atomic E-state index is 5.54. The molecule has 0 fully saturated rings. The van der Waals surface area contributed by atoms with E-state index in [1.807, 2.05) is 30.3 Å². The van der Waals surface area contributed by atoms with Crippen molar-refractivity contribution in [3.63, 3.8) is 0 Å². The first-order valence-corrected chi connectivity index (χ1v) is 12.0. The molecule has 1 aromatic heterocycles. The number of halogens is 1. The molecule has 0 atom stereocenters. The predicted octanol–water partition coefficient (Wildman–Crippen LogP) is 8.73. The summed E-state index contributed by atoms with van der Waals surface area (Å²) >= 11 is 5.54. The second-order valence-electron chi connectivity index (χ2n) is 7.75. The van der Waals surface area contributed by atoms with Crippen LogP contribution in [0.3, 0.4) is 0 Å². The lowest BCUT2D eigenvalue weighted by atomic mass is 9.95. The quantitative estimate of drug-likeness (QED) is 0.364. The van der Waals surface area contributed by atoms with Crippen molar-refractivity contribution < 1.29 is 0 Å². The number of H-pyrrole nitrogens is 1. The Kier molecular flexibility index (Phi) is 13.9. The minimum Gasteiger partial charge on any atom is -0.362 e. The van der Waals surface area contributed by atoms with E-state index in [1.165, 1.54) is 77.0 Å². The average molecular weight is 404 g/mol. The minimum atomic E-state index is 0.794. The fourth-order valence-corrected chi connectivity index (χ4v) is 3.70. The van der Waals surface area contributed by atoms with Crippen molar-refractivity contribution in [3.8, 4) is 0 Å². The van der Waals surface area contributed by atoms with Crippen LogP contribution in [0.25, 0.3) is 0 Å². The van der Waals surface area contributed by atoms with E-state index < -0.39 is 0 Å². The van der Waals surface area contributed by atoms with Crippen molar-refractivity contribution in [3.05, 3.63) is 57.9 Å². The zero-order valence-electron chi connectivity index (χ0n) is 18.7. The van der Waals surface area contributed by atoms with Gasteiger partial charge in [-0.25, -0.2) is 0 Å². The van der Waals surface area contributed by atoms with Gasteiger partial charge in [0, 0.05) is 16.4 Å². The molecule has 2 aromatic rings. The summed E-state index contributed by atoms with van der Waals surface area (Å²) in [5.74, 6) is 0. The highest BCUT2D eigenvalue weighted by atomic mass is 35.5. The lowest BCUT2D eigenvalue weighted by Crippen LogP contribution is -1.98. The molecule has 0 spiro atoms. The number of hydrogen-bond acceptors (Lipinski definition) is 0. The number of aryl methyl sites for hydroxylation is 2. The van der Waals surface area contributed by atoms with Gasteiger partial charge in [0.1, 0.15) is 0 Å². The van der Waals surface area contributed by atoms with Crippen LogP contribution in [0.15, 0.2) is 30.3 Å². The Balaban J connectivity index is 0.000000467. The van der Waals surface area contributed by atoms with E-state index in [4.69, 9.17) is 11.6 Å². The van der Waals surface area contributed by atoms with Gasteiger partial charge in [0.25, 0.3) is 0 Å². The molecule has 0 bridgehead atoms. The first kappa shape index (κ1) is 24.8. The van der Waals surface area contributed by atoms with Gasteiger partial charge in [-0.3, -0.25) is 0 Å². The van der Waals surface area contributed by atoms with Gasteiger partial charge < -0.3 is 4.98 Å². The third-order valence-electron chi connectivity index (χ3n) is 5.25. The van der Waals surface area contributed by atoms with Crippen molar-refractivity contribution in [2.24, 2.45) is 0 Å². The van der Waals surface area contributed by atoms with Gasteiger partial charge in [-0.1, -0.05) is 83.2 Å². The number of unbranched alkanes of at least 4 members (excludes halogenated alkanes) is 4. The second-order valence-corrected chi connectivity index (χ2v) is 8.19. The fraction of sp³-hybridized carbons (Fsp3) is 0.615. The molecule has 28 heavy (non-hydrogen) atoms. The van der Waals surface area contributed by atoms with Crippen LogP contribution in [0, 0.1) is 0 Å². The molecule has 0 unspecified atom stereocenters. The van der Waals surface area contributed by atoms with Crippen LogP contribution >= 0.6 is 11.6 Å². The van der Waals surface area contributed by atoms with Crippen LogP contribution < -0.4 is 0 Å². The molecule has 0 saturated carbocycles. The zero-order chi connectivity index (χ0) is 20.6. The number of aromatic nitrogens is 1. The number of benzene rings is 1. The highest BCUT2D eigenvalue weighted by Gasteiger charge is 2.16. The van der Waals surface area contributed by atoms with Crippen LogP contribution in [0.1, 0.15) is 102 Å². The lowest BCUT2D eigenvalue weighted by Gasteiger charge is -2.08. The molecule has 1 aromatic carbocycles. The largest absolute Gasteiger partial charge is 0.362 e. The normalized spacial score (nSPS) is 10.6. The smallest absolute Gasteiger partial charge is 0.0405 e. The van der Waals surface area contributed by atoms with E-state index in [2.05, 4.69) is 32.7 Å². The van der Waals surface area contributed by atoms with E-state index in [9.17, 15) is 0 Å². The van der Waals surface area contributed by atoms with E-state index in [0.717, 1.165) is 5.02 Å². The van der Waals surface area contributed by atoms with Gasteiger partial charge in [0.05, 0.1) is 0 Å². The molecule has 0 amide bonds. The molecule has 0 saturated heterocycles. The predicted molar refractivity (Wildman–Crippen MR) is 127 cm³/mol. The third kappa shape index (κ3) is 9.32. The number of nitrogens with one attached hydrogen (secondary N) is 1. The van der Waals surface area contributed by atoms with Crippen molar-refractivity contribution in [2.45, 2.75) is 105 Å². The SMILES string of the molecule is CCCCc1[nH]c(CCCC)c(CCCC)c1CCCC.Clc1ccccc1. The molecule has 0 aliphatic heterocycles. The summed E-state index contributed by atoms with van der Waals surface area (Å²) in [5.41, 5.74) is 6.54. The summed E-state index contributed by atoms with van der Waals surface area (Å²) in [6, 6.07) is 9.44. The van der Waals surface area contributed by atoms with Crippen molar-refractivity contribution in [2.75, 3.05) is 0 Å². The van der Waals surface area contributed by atoms with Crippen molar-refractivity contribution in [1.82, 2.24) is 4.98 Å². The third-order valence-corrected chi connectivity index (χ3v) is 5.50. The summed E-state index contributed by atoms with van der Waals surface area (Å²) in [6.07, 6.45) is 15.6. The maximum absolute atomic E-state index is 5.54. The van der Waals surface area contributed by atoms with E-state index in [1.54, 1.807) is 22.5 Å². The number of rotatable bonds is 12. The molecule has 2 rings (SSSR count). The topological polar surface area (TPSA) is 15.8 Å². The summed E-state index contributed by atoms with van der Waals surface area (Å²) < 4.78 is 0. The maximum Gasteiger partial charge on any atom is 0.0405 e. The van der Waals surface area contributed by atoms with E-state index in [0.29, 0.717) is 0 Å². The van der Waals surface area contributed by atoms with Crippen LogP contribution in [-0.2, 0) is 25.7 Å². The Morgan fingerprint density at radius 3 is 1.32 bits per heavy atom. The van der Waals surface area contributed by atoms with Gasteiger partial charge in [-0.15, -0.1) is 0 Å². The average Bonchev–Trinajstić information content (AvgIpc) is 3.04. The molecule has 158 valence electrons. The Morgan fingerprint density at radius 1 is 0.607 bits per heavy atom. The zero-order valence-corrected chi connectivity index (χ0v) is 19.5. The van der Waals surface area contributed by atoms with Crippen LogP contribution in [0.4, 0.5) is 0 Å². The number of hydrogen-bond donors (Lipinski definition) is 1. The van der Waals surface area contributed by atoms with Crippen LogP contribution in [-0.4, -0.2) is 4.98 Å². The molecule has 0 aliphatic carbocycles. The van der Waals surface area contributed by atoms with Gasteiger partial charge in [0.2, 0.25) is 0 Å². The Morgan fingerprint density at radius 2 is 1.00 bits per heavy atom. The summed E-state index contributed by atoms with van der Waals surface area (Å²) in [6.45, 7) is 9.21. The van der Waals surface area contributed by atoms with Crippen molar-refractivity contribution in [1.29, 1.82) is 0 Å². The monoisotopic (exact) mass is 403 g/mol. The second kappa shape index (κ2) is 15.7. The molecule has 2 heteroatoms. The first-order valence-electron chi connectivity index (χ1n) is 11.6. The Bertz CT molecular complexity index is 580. The van der Waals surface area contributed by atoms with Gasteiger partial charge >= 0.3 is 0 Å². The van der Waals surface area contributed by atoms with Gasteiger partial charge in [-0.2, -0.15) is 0 Å². The standard InChI is InChI=1S/C20H37N.C6H5Cl/c1-5-9-13-17-18(14-10-6-2)20(16-12-8-4)21-19(17)15-11-7-3;7-6-4-2-1-3-5-6/h21H,5-16H2,1-4H3;1-5H. The molecule has 1 N–H and O–H groups in total. The highest BCUT2D eigenvalue weighted by molar-refractivity contribution is 6.30. The molecule has 0 aliphatic rings. The summed E-state index contributed by atoms with van der Waals surface area (Å²) in [5, 5.41) is 0.794. The van der Waals surface area contributed by atoms with Crippen molar-refractivity contribution >= 4 is 11.6 Å². The van der Waals surface area contributed by atoms with E-state index in [-0.39, 0.29) is 0 Å². The van der Waals surface area contributed by atoms with Gasteiger partial charge in [0.15, 0.2) is 0 Å². The van der Waals surface area contributed by atoms with Gasteiger partial charge in [-0.05, 0) is 74.6 Å². The Labute approximate surface area is 179 Å². The summed E-state index contributed by atoms with van der Waals surface area (Å²) in [4.78, 5) is 3.84. The summed E-state index contributed by atoms with van der Waals surface area (Å²) in [7, 11) is 0. The first-order chi connectivity index (χ1) is 13.7. The molecular weight excluding hydrogens is 362 g/mol. The Hall–Kier alpha value is -1.21. The highest BCUT2D eigenvalue weighted by Crippen LogP contribution is 2.26. The van der Waals surface area contributed by atoms with Crippen LogP contribution in [0.5, 0.6) is 0 Å². The lowest BCUT2D eigenvalue weighted by molar-refractivity contribution is 0.735. The van der Waals surface area contributed by atoms with Crippen LogP contribution in [0.2, 0.25) is 5.02 Å². The number of aromatic amines is 1. The van der Waals surface area contributed by atoms with E-state index >= 15 is 0 Å². The molecular formula is C26H42ClN.